The van der Waals surface area contributed by atoms with Crippen LogP contribution in [0.25, 0.3) is 6.08 Å². The summed E-state index contributed by atoms with van der Waals surface area (Å²) in [6, 6.07) is 28.7. The Morgan fingerprint density at radius 3 is 1.03 bits per heavy atom. The predicted octanol–water partition coefficient (Wildman–Crippen LogP) is 8.19. The number of para-hydroxylation sites is 2. The number of hydrogen-bond acceptors (Lipinski definition) is 15. The Bertz CT molecular complexity index is 2390. The smallest absolute Gasteiger partial charge is 0.274 e. The number of aromatic nitrogens is 1. The van der Waals surface area contributed by atoms with E-state index in [1.54, 1.807) is 62.7 Å². The van der Waals surface area contributed by atoms with Gasteiger partial charge in [-0.3, -0.25) is 73.8 Å². The summed E-state index contributed by atoms with van der Waals surface area (Å²) in [6.45, 7) is 0. The minimum atomic E-state index is -0.669. The third-order valence-corrected chi connectivity index (χ3v) is 12.2. The zero-order valence-corrected chi connectivity index (χ0v) is 50.3. The number of hydrogen-bond donors (Lipinski definition) is 14. The van der Waals surface area contributed by atoms with Crippen molar-refractivity contribution in [2.45, 2.75) is 154 Å². The number of rotatable bonds is 34. The molecule has 4 rings (SSSR count). The summed E-state index contributed by atoms with van der Waals surface area (Å²) in [5, 5.41) is 49.4. The third kappa shape index (κ3) is 47.1. The highest BCUT2D eigenvalue weighted by Gasteiger charge is 2.07. The van der Waals surface area contributed by atoms with Gasteiger partial charge in [-0.05, 0) is 112 Å². The molecule has 0 atom stereocenters. The second-order valence-electron chi connectivity index (χ2n) is 19.2. The van der Waals surface area contributed by atoms with Crippen molar-refractivity contribution < 1.29 is 68.8 Å². The van der Waals surface area contributed by atoms with Gasteiger partial charge in [-0.1, -0.05) is 99.9 Å². The number of anilines is 3. The lowest BCUT2D eigenvalue weighted by Gasteiger charge is -2.04. The lowest BCUT2D eigenvalue weighted by molar-refractivity contribution is -0.130. The number of carbonyl (C=O) groups is 10. The highest BCUT2D eigenvalue weighted by atomic mass is 16.5. The molecule has 0 fully saturated rings. The minimum Gasteiger partial charge on any atom is -0.359 e. The quantitative estimate of drug-likeness (QED) is 0.00907. The van der Waals surface area contributed by atoms with E-state index in [0.29, 0.717) is 56.9 Å². The molecule has 1 heterocycles. The van der Waals surface area contributed by atoms with Gasteiger partial charge in [0.2, 0.25) is 47.3 Å². The van der Waals surface area contributed by atoms with Crippen LogP contribution in [0.2, 0.25) is 0 Å². The van der Waals surface area contributed by atoms with Gasteiger partial charge in [0.05, 0.1) is 11.9 Å². The maximum atomic E-state index is 11.6. The molecule has 0 saturated carbocycles. The van der Waals surface area contributed by atoms with Crippen molar-refractivity contribution in [2.24, 2.45) is 0 Å². The van der Waals surface area contributed by atoms with Crippen LogP contribution in [-0.2, 0) is 43.2 Å². The Labute approximate surface area is 509 Å². The van der Waals surface area contributed by atoms with Gasteiger partial charge in [0.25, 0.3) is 11.8 Å². The Morgan fingerprint density at radius 2 is 0.713 bits per heavy atom. The average Bonchev–Trinajstić information content (AvgIpc) is 3.69. The first-order valence-electron chi connectivity index (χ1n) is 29.1. The molecular formula is C62H91N11O14. The van der Waals surface area contributed by atoms with Crippen LogP contribution in [0.5, 0.6) is 0 Å². The number of nitrogens with one attached hydrogen (secondary N) is 10. The van der Waals surface area contributed by atoms with Crippen LogP contribution in [-0.4, -0.2) is 106 Å². The topological polar surface area (TPSA) is 385 Å². The summed E-state index contributed by atoms with van der Waals surface area (Å²) in [5.41, 5.74) is 9.35. The molecule has 0 aliphatic heterocycles. The lowest BCUT2D eigenvalue weighted by atomic mass is 10.1. The molecular weight excluding hydrogens is 1120 g/mol. The molecule has 87 heavy (non-hydrogen) atoms. The fraction of sp³-hybridized carbons (Fsp3) is 0.435. The molecule has 10 amide bonds. The van der Waals surface area contributed by atoms with Crippen LogP contribution in [0, 0.1) is 0 Å². The average molecular weight is 1210 g/mol. The van der Waals surface area contributed by atoms with Crippen molar-refractivity contribution in [1.29, 1.82) is 0 Å². The van der Waals surface area contributed by atoms with Gasteiger partial charge in [0.1, 0.15) is 0 Å². The highest BCUT2D eigenvalue weighted by molar-refractivity contribution is 5.95. The Balaban J connectivity index is 0.00000107. The van der Waals surface area contributed by atoms with E-state index in [-0.39, 0.29) is 52.8 Å². The first kappa shape index (κ1) is 78.1. The van der Waals surface area contributed by atoms with E-state index in [0.717, 1.165) is 126 Å². The fourth-order valence-electron chi connectivity index (χ4n) is 7.39. The Hall–Kier alpha value is -8.91. The van der Waals surface area contributed by atoms with Gasteiger partial charge < -0.3 is 31.9 Å². The minimum absolute atomic E-state index is 0.0132. The van der Waals surface area contributed by atoms with Gasteiger partial charge in [0, 0.05) is 102 Å². The zero-order chi connectivity index (χ0) is 64.6. The highest BCUT2D eigenvalue weighted by Crippen LogP contribution is 2.13. The van der Waals surface area contributed by atoms with Crippen molar-refractivity contribution in [1.82, 2.24) is 42.9 Å². The third-order valence-electron chi connectivity index (χ3n) is 12.2. The molecule has 0 spiro atoms. The summed E-state index contributed by atoms with van der Waals surface area (Å²) < 4.78 is 0. The summed E-state index contributed by atoms with van der Waals surface area (Å²) in [6.07, 6.45) is 23.9. The normalized spacial score (nSPS) is 9.92. The van der Waals surface area contributed by atoms with Crippen molar-refractivity contribution in [2.75, 3.05) is 37.1 Å². The lowest BCUT2D eigenvalue weighted by Crippen LogP contribution is -2.18. The number of hydroxylamine groups is 4. The van der Waals surface area contributed by atoms with Crippen LogP contribution in [0.3, 0.4) is 0 Å². The molecule has 0 radical (unpaired) electrons. The number of benzene rings is 3. The molecule has 4 aromatic rings. The van der Waals surface area contributed by atoms with Crippen molar-refractivity contribution in [3.8, 4) is 0 Å². The number of unbranched alkanes of at least 4 members (excludes halogenated alkanes) is 12. The van der Waals surface area contributed by atoms with Gasteiger partial charge in [-0.15, -0.1) is 0 Å². The molecule has 0 saturated heterocycles. The predicted molar refractivity (Wildman–Crippen MR) is 331 cm³/mol. The molecule has 0 aliphatic carbocycles. The standard InChI is InChI=1S/C15H22N2O2.C14H21N3O2.C14H20N2O3.C10H10N2O4.C9H18N2O3/c1-16-14(18)11-7-2-3-8-12-15(19)17-13-9-5-4-6-10-13;1-15-13(18)8-4-2-3-5-9-14(19)17-12-7-6-10-16-11-12;17-13(15-12-8-4-3-5-9-12)10-6-1-2-7-11-14(18)16-19;13-9(11-15)5-4-7-2-1-3-8(6-7)10(14)12-16;1-10-8(12)6-4-2-3-5-7-9(13)11-14/h4-6,9-10H,2-3,7-8,11-12H2,1H3,(H,16,18)(H,17,19);6-7,10-11H,2-5,8-9H2,1H3,(H,15,18)(H,17,19);3-5,8-9,19H,1-2,6-7,10-11H2,(H,15,17)(H,16,18);1-6,15-16H,(H,11,13)(H,12,14);14H,2-7H2,1H3,(H,10,12)(H,11,13)/b;;;5-4+;. The number of pyridine rings is 1. The summed E-state index contributed by atoms with van der Waals surface area (Å²) in [7, 11) is 4.91. The molecule has 25 nitrogen and oxygen atoms in total. The van der Waals surface area contributed by atoms with Crippen LogP contribution in [0.1, 0.15) is 170 Å². The van der Waals surface area contributed by atoms with E-state index < -0.39 is 11.8 Å². The Morgan fingerprint density at radius 1 is 0.368 bits per heavy atom. The van der Waals surface area contributed by atoms with Crippen molar-refractivity contribution in [3.05, 3.63) is 127 Å². The molecule has 0 bridgehead atoms. The first-order valence-corrected chi connectivity index (χ1v) is 29.1. The van der Waals surface area contributed by atoms with E-state index in [9.17, 15) is 47.9 Å². The number of nitrogens with zero attached hydrogens (tertiary/aromatic N) is 1. The number of carbonyl (C=O) groups excluding carboxylic acids is 10. The Kier molecular flexibility index (Phi) is 48.3. The fourth-order valence-corrected chi connectivity index (χ4v) is 7.39. The van der Waals surface area contributed by atoms with Crippen LogP contribution in [0.4, 0.5) is 17.1 Å². The zero-order valence-electron chi connectivity index (χ0n) is 50.3. The molecule has 478 valence electrons. The van der Waals surface area contributed by atoms with E-state index in [1.165, 1.54) is 29.2 Å². The van der Waals surface area contributed by atoms with Gasteiger partial charge >= 0.3 is 0 Å². The van der Waals surface area contributed by atoms with E-state index in [1.807, 2.05) is 66.7 Å². The summed E-state index contributed by atoms with van der Waals surface area (Å²) in [4.78, 5) is 115. The molecule has 0 unspecified atom stereocenters. The van der Waals surface area contributed by atoms with Gasteiger partial charge in [0.15, 0.2) is 0 Å². The van der Waals surface area contributed by atoms with Gasteiger partial charge in [-0.2, -0.15) is 0 Å². The van der Waals surface area contributed by atoms with E-state index in [2.05, 4.69) is 36.9 Å². The van der Waals surface area contributed by atoms with Crippen LogP contribution < -0.4 is 53.8 Å². The van der Waals surface area contributed by atoms with Crippen molar-refractivity contribution in [3.63, 3.8) is 0 Å². The monoisotopic (exact) mass is 1210 g/mol. The molecule has 25 heteroatoms. The maximum Gasteiger partial charge on any atom is 0.274 e. The molecule has 1 aromatic heterocycles. The number of amides is 10. The SMILES string of the molecule is CNC(=O)CCCCCCC(=O)NO.CNC(=O)CCCCCCC(=O)Nc1ccccc1.CNC(=O)CCCCCCC(=O)Nc1cccnc1.O=C(/C=C/c1cccc(C(=O)NO)c1)NO.O=C(CCCCCCC(=O)Nc1ccccc1)NO. The molecule has 0 aliphatic rings. The largest absolute Gasteiger partial charge is 0.359 e. The second kappa shape index (κ2) is 53.8. The summed E-state index contributed by atoms with van der Waals surface area (Å²) >= 11 is 0. The van der Waals surface area contributed by atoms with Crippen LogP contribution in [0.15, 0.2) is 116 Å². The van der Waals surface area contributed by atoms with Crippen LogP contribution >= 0.6 is 0 Å². The molecule has 14 N–H and O–H groups in total. The van der Waals surface area contributed by atoms with Crippen molar-refractivity contribution >= 4 is 82.2 Å². The van der Waals surface area contributed by atoms with E-state index in [4.69, 9.17) is 20.8 Å². The van der Waals surface area contributed by atoms with Gasteiger partial charge in [-0.25, -0.2) is 21.9 Å². The van der Waals surface area contributed by atoms with E-state index >= 15 is 0 Å². The maximum absolute atomic E-state index is 11.6. The summed E-state index contributed by atoms with van der Waals surface area (Å²) in [5.74, 6) is -1.72. The second-order valence-corrected chi connectivity index (χ2v) is 19.2. The molecule has 3 aromatic carbocycles. The first-order chi connectivity index (χ1) is 42.0.